The van der Waals surface area contributed by atoms with Crippen LogP contribution in [0.5, 0.6) is 5.75 Å². The van der Waals surface area contributed by atoms with Crippen LogP contribution in [0, 0.1) is 0 Å². The highest BCUT2D eigenvalue weighted by molar-refractivity contribution is 7.88. The summed E-state index contributed by atoms with van der Waals surface area (Å²) in [4.78, 5) is 19.9. The van der Waals surface area contributed by atoms with Gasteiger partial charge in [0.25, 0.3) is 6.43 Å². The lowest BCUT2D eigenvalue weighted by molar-refractivity contribution is 0.0835. The molecule has 194 valence electrons. The molecule has 11 nitrogen and oxygen atoms in total. The number of ether oxygens (including phenoxy) is 2. The lowest BCUT2D eigenvalue weighted by atomic mass is 10.00. The summed E-state index contributed by atoms with van der Waals surface area (Å²) < 4.78 is 65.7. The minimum atomic E-state index is -3.31. The second kappa shape index (κ2) is 9.82. The van der Waals surface area contributed by atoms with Gasteiger partial charge in [-0.2, -0.15) is 19.3 Å². The van der Waals surface area contributed by atoms with Gasteiger partial charge in [0.1, 0.15) is 17.1 Å². The number of hydrogen-bond acceptors (Lipinski definition) is 9. The van der Waals surface area contributed by atoms with E-state index in [9.17, 15) is 17.2 Å². The normalized spacial score (nSPS) is 18.3. The van der Waals surface area contributed by atoms with Gasteiger partial charge in [-0.15, -0.1) is 0 Å². The van der Waals surface area contributed by atoms with E-state index >= 15 is 0 Å². The summed E-state index contributed by atoms with van der Waals surface area (Å²) in [6.45, 7) is 2.40. The maximum atomic E-state index is 14.2. The third kappa shape index (κ3) is 4.72. The number of aromatic nitrogens is 5. The Balaban J connectivity index is 1.63. The molecule has 5 rings (SSSR count). The highest BCUT2D eigenvalue weighted by Gasteiger charge is 2.29. The van der Waals surface area contributed by atoms with Gasteiger partial charge in [-0.25, -0.2) is 22.2 Å². The van der Waals surface area contributed by atoms with Crippen molar-refractivity contribution in [2.24, 2.45) is 0 Å². The van der Waals surface area contributed by atoms with Crippen molar-refractivity contribution < 1.29 is 26.7 Å². The molecule has 36 heavy (non-hydrogen) atoms. The number of imidazole rings is 1. The highest BCUT2D eigenvalue weighted by atomic mass is 32.2. The second-order valence-electron chi connectivity index (χ2n) is 8.76. The highest BCUT2D eigenvalue weighted by Crippen LogP contribution is 2.33. The van der Waals surface area contributed by atoms with Crippen LogP contribution in [0.4, 0.5) is 14.7 Å². The molecule has 4 heterocycles. The number of fused-ring (bicyclic) bond motifs is 1. The molecule has 2 aliphatic rings. The molecule has 3 aromatic rings. The summed E-state index contributed by atoms with van der Waals surface area (Å²) in [6.07, 6.45) is -0.306. The number of anilines is 1. The Bertz CT molecular complexity index is 1350. The van der Waals surface area contributed by atoms with Crippen LogP contribution in [0.25, 0.3) is 17.0 Å². The van der Waals surface area contributed by atoms with Crippen molar-refractivity contribution in [3.8, 4) is 11.7 Å². The largest absolute Gasteiger partial charge is 0.494 e. The van der Waals surface area contributed by atoms with Crippen LogP contribution >= 0.6 is 0 Å². The van der Waals surface area contributed by atoms with E-state index in [1.54, 1.807) is 18.2 Å². The van der Waals surface area contributed by atoms with Crippen LogP contribution in [-0.4, -0.2) is 90.0 Å². The van der Waals surface area contributed by atoms with Crippen LogP contribution in [0.3, 0.4) is 0 Å². The summed E-state index contributed by atoms with van der Waals surface area (Å²) in [5.41, 5.74) is 0.674. The molecule has 0 atom stereocenters. The van der Waals surface area contributed by atoms with Crippen molar-refractivity contribution in [3.63, 3.8) is 0 Å². The standard InChI is InChI=1S/C22H27F2N7O4S/c1-34-16-5-3-4-15-17(16)25-20(18(23)24)31(15)22-27-19(14-6-12-35-13-7-14)26-21(28-22)29-8-10-30(11-9-29)36(2,32)33/h3-5,14,18H,6-13H2,1-2H3. The van der Waals surface area contributed by atoms with Gasteiger partial charge >= 0.3 is 0 Å². The molecule has 0 N–H and O–H groups in total. The van der Waals surface area contributed by atoms with Gasteiger partial charge in [-0.3, -0.25) is 4.57 Å². The van der Waals surface area contributed by atoms with Crippen molar-refractivity contribution in [1.82, 2.24) is 28.8 Å². The van der Waals surface area contributed by atoms with Crippen LogP contribution in [-0.2, 0) is 14.8 Å². The number of methoxy groups -OCH3 is 1. The fourth-order valence-electron chi connectivity index (χ4n) is 4.58. The number of rotatable bonds is 6. The monoisotopic (exact) mass is 523 g/mol. The lowest BCUT2D eigenvalue weighted by Crippen LogP contribution is -2.49. The fraction of sp³-hybridized carbons (Fsp3) is 0.545. The van der Waals surface area contributed by atoms with E-state index in [4.69, 9.17) is 14.5 Å². The van der Waals surface area contributed by atoms with Crippen molar-refractivity contribution >= 4 is 27.0 Å². The topological polar surface area (TPSA) is 116 Å². The summed E-state index contributed by atoms with van der Waals surface area (Å²) >= 11 is 0. The summed E-state index contributed by atoms with van der Waals surface area (Å²) in [6, 6.07) is 5.02. The molecule has 1 aromatic carbocycles. The molecule has 2 aliphatic heterocycles. The molecule has 14 heteroatoms. The van der Waals surface area contributed by atoms with Crippen LogP contribution in [0.2, 0.25) is 0 Å². The number of sulfonamides is 1. The molecule has 0 unspecified atom stereocenters. The Morgan fingerprint density at radius 3 is 2.36 bits per heavy atom. The van der Waals surface area contributed by atoms with Crippen molar-refractivity contribution in [2.75, 3.05) is 57.7 Å². The maximum Gasteiger partial charge on any atom is 0.296 e. The first kappa shape index (κ1) is 24.7. The fourth-order valence-corrected chi connectivity index (χ4v) is 5.41. The maximum absolute atomic E-state index is 14.2. The Kier molecular flexibility index (Phi) is 6.74. The van der Waals surface area contributed by atoms with Gasteiger partial charge in [0.05, 0.1) is 18.9 Å². The molecule has 2 aromatic heterocycles. The van der Waals surface area contributed by atoms with Gasteiger partial charge in [0, 0.05) is 45.3 Å². The van der Waals surface area contributed by atoms with Crippen molar-refractivity contribution in [3.05, 3.63) is 29.8 Å². The Morgan fingerprint density at radius 1 is 1.03 bits per heavy atom. The Labute approximate surface area is 207 Å². The van der Waals surface area contributed by atoms with E-state index in [0.29, 0.717) is 62.2 Å². The van der Waals surface area contributed by atoms with Crippen LogP contribution < -0.4 is 9.64 Å². The number of halogens is 2. The molecule has 0 amide bonds. The summed E-state index contributed by atoms with van der Waals surface area (Å²) in [5.74, 6) is 0.706. The number of hydrogen-bond donors (Lipinski definition) is 0. The average molecular weight is 524 g/mol. The molecule has 0 bridgehead atoms. The molecule has 2 fully saturated rings. The molecule has 0 spiro atoms. The molecular formula is C22H27F2N7O4S. The zero-order valence-electron chi connectivity index (χ0n) is 20.0. The Hall–Kier alpha value is -2.97. The van der Waals surface area contributed by atoms with E-state index in [-0.39, 0.29) is 30.5 Å². The first-order valence-electron chi connectivity index (χ1n) is 11.6. The van der Waals surface area contributed by atoms with E-state index in [1.165, 1.54) is 22.2 Å². The molecule has 0 saturated carbocycles. The molecule has 0 radical (unpaired) electrons. The molecule has 0 aliphatic carbocycles. The lowest BCUT2D eigenvalue weighted by Gasteiger charge is -2.33. The predicted molar refractivity (Wildman–Crippen MR) is 127 cm³/mol. The quantitative estimate of drug-likeness (QED) is 0.479. The van der Waals surface area contributed by atoms with E-state index in [0.717, 1.165) is 0 Å². The smallest absolute Gasteiger partial charge is 0.296 e. The number of piperazine rings is 1. The number of nitrogens with zero attached hydrogens (tertiary/aromatic N) is 7. The van der Waals surface area contributed by atoms with Crippen molar-refractivity contribution in [2.45, 2.75) is 25.2 Å². The van der Waals surface area contributed by atoms with Gasteiger partial charge in [0.2, 0.25) is 21.9 Å². The van der Waals surface area contributed by atoms with Crippen molar-refractivity contribution in [1.29, 1.82) is 0 Å². The minimum Gasteiger partial charge on any atom is -0.494 e. The van der Waals surface area contributed by atoms with Gasteiger partial charge in [-0.05, 0) is 25.0 Å². The summed E-state index contributed by atoms with van der Waals surface area (Å²) in [7, 11) is -1.86. The van der Waals surface area contributed by atoms with E-state index < -0.39 is 22.3 Å². The van der Waals surface area contributed by atoms with E-state index in [2.05, 4.69) is 15.0 Å². The van der Waals surface area contributed by atoms with Gasteiger partial charge in [-0.1, -0.05) is 6.07 Å². The zero-order chi connectivity index (χ0) is 25.4. The second-order valence-corrected chi connectivity index (χ2v) is 10.7. The number of para-hydroxylation sites is 1. The molecule has 2 saturated heterocycles. The molecular weight excluding hydrogens is 496 g/mol. The van der Waals surface area contributed by atoms with Crippen LogP contribution in [0.1, 0.15) is 36.8 Å². The van der Waals surface area contributed by atoms with Gasteiger partial charge in [0.15, 0.2) is 5.82 Å². The number of benzene rings is 1. The first-order chi connectivity index (χ1) is 17.3. The SMILES string of the molecule is COc1cccc2c1nc(C(F)F)n2-c1nc(C2CCOCC2)nc(N2CCN(S(C)(=O)=O)CC2)n1. The predicted octanol–water partition coefficient (Wildman–Crippen LogP) is 2.13. The Morgan fingerprint density at radius 2 is 1.72 bits per heavy atom. The minimum absolute atomic E-state index is 0.0177. The first-order valence-corrected chi connectivity index (χ1v) is 13.5. The third-order valence-corrected chi connectivity index (χ3v) is 7.80. The zero-order valence-corrected chi connectivity index (χ0v) is 20.8. The number of alkyl halides is 2. The van der Waals surface area contributed by atoms with Crippen LogP contribution in [0.15, 0.2) is 18.2 Å². The van der Waals surface area contributed by atoms with E-state index in [1.807, 2.05) is 4.90 Å². The third-order valence-electron chi connectivity index (χ3n) is 6.50. The summed E-state index contributed by atoms with van der Waals surface area (Å²) in [5, 5.41) is 0. The van der Waals surface area contributed by atoms with Gasteiger partial charge < -0.3 is 14.4 Å². The average Bonchev–Trinajstić information content (AvgIpc) is 3.29.